The van der Waals surface area contributed by atoms with Gasteiger partial charge in [0.05, 0.1) is 5.02 Å². The Hall–Kier alpha value is -2.08. The molecule has 0 spiro atoms. The van der Waals surface area contributed by atoms with E-state index in [1.165, 1.54) is 0 Å². The summed E-state index contributed by atoms with van der Waals surface area (Å²) >= 11 is 6.04. The highest BCUT2D eigenvalue weighted by molar-refractivity contribution is 6.32. The van der Waals surface area contributed by atoms with Crippen molar-refractivity contribution in [1.29, 1.82) is 0 Å². The fourth-order valence-electron chi connectivity index (χ4n) is 2.09. The monoisotopic (exact) mass is 291 g/mol. The number of rotatable bonds is 3. The van der Waals surface area contributed by atoms with Crippen molar-refractivity contribution < 1.29 is 4.74 Å². The predicted molar refractivity (Wildman–Crippen MR) is 77.2 cm³/mol. The summed E-state index contributed by atoms with van der Waals surface area (Å²) in [6.07, 6.45) is 2.26. The van der Waals surface area contributed by atoms with Crippen molar-refractivity contribution in [1.82, 2.24) is 15.0 Å². The Balaban J connectivity index is 1.88. The van der Waals surface area contributed by atoms with Crippen molar-refractivity contribution in [3.8, 4) is 11.8 Å². The van der Waals surface area contributed by atoms with E-state index in [0.717, 1.165) is 25.9 Å². The van der Waals surface area contributed by atoms with Gasteiger partial charge in [-0.1, -0.05) is 23.7 Å². The van der Waals surface area contributed by atoms with E-state index < -0.39 is 0 Å². The Morgan fingerprint density at radius 1 is 1.10 bits per heavy atom. The van der Waals surface area contributed by atoms with Crippen LogP contribution in [0.1, 0.15) is 12.8 Å². The molecule has 0 unspecified atom stereocenters. The molecule has 1 fully saturated rings. The van der Waals surface area contributed by atoms with E-state index >= 15 is 0 Å². The molecule has 1 saturated heterocycles. The summed E-state index contributed by atoms with van der Waals surface area (Å²) < 4.78 is 5.59. The Kier molecular flexibility index (Phi) is 3.56. The minimum absolute atomic E-state index is 0.143. The topological polar surface area (TPSA) is 77.2 Å². The second-order valence-electron chi connectivity index (χ2n) is 4.50. The number of para-hydroxylation sites is 1. The highest BCUT2D eigenvalue weighted by atomic mass is 35.5. The van der Waals surface area contributed by atoms with Gasteiger partial charge in [-0.2, -0.15) is 15.0 Å². The first-order valence-corrected chi connectivity index (χ1v) is 6.79. The number of nitrogens with zero attached hydrogens (tertiary/aromatic N) is 4. The lowest BCUT2D eigenvalue weighted by atomic mass is 10.3. The van der Waals surface area contributed by atoms with Crippen LogP contribution in [-0.4, -0.2) is 28.0 Å². The van der Waals surface area contributed by atoms with Gasteiger partial charge in [-0.25, -0.2) is 0 Å². The molecule has 0 radical (unpaired) electrons. The number of hydrogen-bond acceptors (Lipinski definition) is 6. The molecule has 2 N–H and O–H groups in total. The maximum atomic E-state index is 6.04. The zero-order valence-corrected chi connectivity index (χ0v) is 11.5. The molecule has 0 saturated carbocycles. The highest BCUT2D eigenvalue weighted by Crippen LogP contribution is 2.28. The van der Waals surface area contributed by atoms with Crippen molar-refractivity contribution in [3.63, 3.8) is 0 Å². The van der Waals surface area contributed by atoms with Crippen LogP contribution in [0.2, 0.25) is 5.02 Å². The fraction of sp³-hybridized carbons (Fsp3) is 0.308. The first-order chi connectivity index (χ1) is 9.72. The molecule has 6 nitrogen and oxygen atoms in total. The molecule has 0 amide bonds. The number of aromatic nitrogens is 3. The molecule has 3 rings (SSSR count). The normalized spacial score (nSPS) is 14.6. The van der Waals surface area contributed by atoms with Crippen LogP contribution in [-0.2, 0) is 0 Å². The molecule has 20 heavy (non-hydrogen) atoms. The SMILES string of the molecule is Nc1nc(Oc2ccccc2Cl)nc(N2CCCC2)n1. The van der Waals surface area contributed by atoms with E-state index in [1.807, 2.05) is 12.1 Å². The summed E-state index contributed by atoms with van der Waals surface area (Å²) in [5.74, 6) is 1.19. The average Bonchev–Trinajstić information content (AvgIpc) is 2.95. The molecule has 1 aliphatic heterocycles. The van der Waals surface area contributed by atoms with Crippen molar-refractivity contribution >= 4 is 23.5 Å². The van der Waals surface area contributed by atoms with Gasteiger partial charge in [0, 0.05) is 13.1 Å². The molecular formula is C13H14ClN5O. The van der Waals surface area contributed by atoms with E-state index in [2.05, 4.69) is 19.9 Å². The third kappa shape index (κ3) is 2.75. The first-order valence-electron chi connectivity index (χ1n) is 6.41. The number of benzene rings is 1. The molecule has 104 valence electrons. The molecule has 1 aliphatic rings. The lowest BCUT2D eigenvalue weighted by molar-refractivity contribution is 0.441. The summed E-state index contributed by atoms with van der Waals surface area (Å²) in [6.45, 7) is 1.85. The molecule has 0 bridgehead atoms. The standard InChI is InChI=1S/C13H14ClN5O/c14-9-5-1-2-6-10(9)20-13-17-11(15)16-12(18-13)19-7-3-4-8-19/h1-2,5-6H,3-4,7-8H2,(H2,15,16,17,18). The van der Waals surface area contributed by atoms with Gasteiger partial charge >= 0.3 is 6.01 Å². The zero-order chi connectivity index (χ0) is 13.9. The van der Waals surface area contributed by atoms with Crippen molar-refractivity contribution in [2.75, 3.05) is 23.7 Å². The van der Waals surface area contributed by atoms with E-state index in [0.29, 0.717) is 16.7 Å². The fourth-order valence-corrected chi connectivity index (χ4v) is 2.27. The van der Waals surface area contributed by atoms with Gasteiger partial charge in [0.1, 0.15) is 5.75 Å². The third-order valence-electron chi connectivity index (χ3n) is 3.05. The van der Waals surface area contributed by atoms with Crippen LogP contribution in [0.3, 0.4) is 0 Å². The third-order valence-corrected chi connectivity index (χ3v) is 3.36. The molecule has 2 aromatic rings. The number of nitrogens with two attached hydrogens (primary N) is 1. The average molecular weight is 292 g/mol. The minimum atomic E-state index is 0.143. The van der Waals surface area contributed by atoms with Crippen molar-refractivity contribution in [3.05, 3.63) is 29.3 Å². The Bertz CT molecular complexity index is 615. The van der Waals surface area contributed by atoms with Crippen LogP contribution in [0.5, 0.6) is 11.8 Å². The predicted octanol–water partition coefficient (Wildman–Crippen LogP) is 2.50. The van der Waals surface area contributed by atoms with E-state index in [1.54, 1.807) is 12.1 Å². The van der Waals surface area contributed by atoms with Crippen LogP contribution in [0.4, 0.5) is 11.9 Å². The van der Waals surface area contributed by atoms with E-state index in [4.69, 9.17) is 22.1 Å². The van der Waals surface area contributed by atoms with Crippen LogP contribution >= 0.6 is 11.6 Å². The summed E-state index contributed by atoms with van der Waals surface area (Å²) in [5, 5.41) is 0.495. The highest BCUT2D eigenvalue weighted by Gasteiger charge is 2.17. The number of nitrogen functional groups attached to an aromatic ring is 1. The van der Waals surface area contributed by atoms with Gasteiger partial charge in [-0.05, 0) is 25.0 Å². The van der Waals surface area contributed by atoms with Crippen LogP contribution < -0.4 is 15.4 Å². The Morgan fingerprint density at radius 3 is 2.60 bits per heavy atom. The summed E-state index contributed by atoms with van der Waals surface area (Å²) in [5.41, 5.74) is 5.72. The quantitative estimate of drug-likeness (QED) is 0.936. The summed E-state index contributed by atoms with van der Waals surface area (Å²) in [4.78, 5) is 14.5. The van der Waals surface area contributed by atoms with E-state index in [-0.39, 0.29) is 12.0 Å². The van der Waals surface area contributed by atoms with Gasteiger partial charge in [0.15, 0.2) is 0 Å². The van der Waals surface area contributed by atoms with Crippen LogP contribution in [0, 0.1) is 0 Å². The van der Waals surface area contributed by atoms with Crippen LogP contribution in [0.25, 0.3) is 0 Å². The number of anilines is 2. The first kappa shape index (κ1) is 12.9. The van der Waals surface area contributed by atoms with Crippen molar-refractivity contribution in [2.24, 2.45) is 0 Å². The maximum Gasteiger partial charge on any atom is 0.328 e. The smallest absolute Gasteiger partial charge is 0.328 e. The van der Waals surface area contributed by atoms with Crippen LogP contribution in [0.15, 0.2) is 24.3 Å². The molecule has 2 heterocycles. The van der Waals surface area contributed by atoms with Gasteiger partial charge in [-0.15, -0.1) is 0 Å². The minimum Gasteiger partial charge on any atom is -0.423 e. The molecule has 7 heteroatoms. The zero-order valence-electron chi connectivity index (χ0n) is 10.8. The lowest BCUT2D eigenvalue weighted by Gasteiger charge is -2.15. The summed E-state index contributed by atoms with van der Waals surface area (Å²) in [6, 6.07) is 7.30. The van der Waals surface area contributed by atoms with Gasteiger partial charge in [0.2, 0.25) is 11.9 Å². The molecule has 0 atom stereocenters. The molecule has 0 aliphatic carbocycles. The van der Waals surface area contributed by atoms with Crippen molar-refractivity contribution in [2.45, 2.75) is 12.8 Å². The maximum absolute atomic E-state index is 6.04. The Labute approximate surface area is 121 Å². The number of ether oxygens (including phenoxy) is 1. The second kappa shape index (κ2) is 5.50. The largest absolute Gasteiger partial charge is 0.423 e. The lowest BCUT2D eigenvalue weighted by Crippen LogP contribution is -2.21. The molecule has 1 aromatic carbocycles. The van der Waals surface area contributed by atoms with Gasteiger partial charge in [-0.3, -0.25) is 0 Å². The second-order valence-corrected chi connectivity index (χ2v) is 4.91. The number of halogens is 1. The number of hydrogen-bond donors (Lipinski definition) is 1. The summed E-state index contributed by atoms with van der Waals surface area (Å²) in [7, 11) is 0. The van der Waals surface area contributed by atoms with E-state index in [9.17, 15) is 0 Å². The molecule has 1 aromatic heterocycles. The van der Waals surface area contributed by atoms with Gasteiger partial charge in [0.25, 0.3) is 0 Å². The Morgan fingerprint density at radius 2 is 1.85 bits per heavy atom. The van der Waals surface area contributed by atoms with Gasteiger partial charge < -0.3 is 15.4 Å². The molecular weight excluding hydrogens is 278 g/mol.